The number of rotatable bonds is 6. The third-order valence-electron chi connectivity index (χ3n) is 3.83. The van der Waals surface area contributed by atoms with Crippen LogP contribution in [-0.2, 0) is 14.3 Å². The topological polar surface area (TPSA) is 129 Å². The van der Waals surface area contributed by atoms with Crippen LogP contribution in [0.5, 0.6) is 0 Å². The Labute approximate surface area is 163 Å². The molecule has 1 aliphatic heterocycles. The monoisotopic (exact) mass is 416 g/mol. The molecule has 1 fully saturated rings. The number of hydrogen-bond acceptors (Lipinski definition) is 7. The fourth-order valence-corrected chi connectivity index (χ4v) is 2.45. The van der Waals surface area contributed by atoms with Gasteiger partial charge < -0.3 is 25.6 Å². The van der Waals surface area contributed by atoms with Crippen LogP contribution in [0.2, 0.25) is 0 Å². The molecule has 1 aromatic heterocycles. The van der Waals surface area contributed by atoms with Crippen molar-refractivity contribution < 1.29 is 32.5 Å². The molecule has 0 saturated carbocycles. The summed E-state index contributed by atoms with van der Waals surface area (Å²) in [4.78, 5) is 26.5. The van der Waals surface area contributed by atoms with Gasteiger partial charge in [0.2, 0.25) is 0 Å². The minimum Gasteiger partial charge on any atom is -0.390 e. The average molecular weight is 416 g/mol. The number of nitrogens with zero attached hydrogens (tertiary/aromatic N) is 2. The molecule has 1 aromatic rings. The number of aliphatic hydroxyl groups excluding tert-OH is 1. The summed E-state index contributed by atoms with van der Waals surface area (Å²) in [6.45, 7) is 3.28. The molecule has 0 aliphatic carbocycles. The second kappa shape index (κ2) is 9.55. The van der Waals surface area contributed by atoms with Crippen LogP contribution in [0.4, 0.5) is 19.0 Å². The Kier molecular flexibility index (Phi) is 7.38. The molecule has 4 N–H and O–H groups in total. The number of aliphatic hydroxyl groups is 1. The number of nitrogen functional groups attached to an aromatic ring is 1. The lowest BCUT2D eigenvalue weighted by Gasteiger charge is -2.16. The molecule has 0 radical (unpaired) electrons. The van der Waals surface area contributed by atoms with Gasteiger partial charge >= 0.3 is 17.8 Å². The van der Waals surface area contributed by atoms with E-state index in [-0.39, 0.29) is 31.0 Å². The fourth-order valence-electron chi connectivity index (χ4n) is 2.45. The van der Waals surface area contributed by atoms with E-state index in [2.05, 4.69) is 23.4 Å². The number of nitrogens with two attached hydrogens (primary N) is 1. The third kappa shape index (κ3) is 6.05. The summed E-state index contributed by atoms with van der Waals surface area (Å²) in [7, 11) is 0. The van der Waals surface area contributed by atoms with Gasteiger partial charge in [-0.3, -0.25) is 9.36 Å². The zero-order valence-corrected chi connectivity index (χ0v) is 15.1. The molecule has 2 rings (SSSR count). The summed E-state index contributed by atoms with van der Waals surface area (Å²) < 4.78 is 48.3. The molecule has 158 valence electrons. The van der Waals surface area contributed by atoms with E-state index in [1.807, 2.05) is 0 Å². The van der Waals surface area contributed by atoms with Crippen LogP contribution in [0.1, 0.15) is 18.2 Å². The molecule has 2 heterocycles. The Hall–Kier alpha value is -2.88. The van der Waals surface area contributed by atoms with E-state index in [9.17, 15) is 27.9 Å². The van der Waals surface area contributed by atoms with E-state index in [1.165, 1.54) is 12.3 Å². The zero-order chi connectivity index (χ0) is 21.6. The molecule has 0 aromatic carbocycles. The van der Waals surface area contributed by atoms with Crippen molar-refractivity contribution in [1.29, 1.82) is 0 Å². The highest BCUT2D eigenvalue weighted by Gasteiger charge is 2.38. The summed E-state index contributed by atoms with van der Waals surface area (Å²) in [6.07, 6.45) is -4.57. The number of amides is 1. The Morgan fingerprint density at radius 3 is 2.97 bits per heavy atom. The standard InChI is InChI=1S/C17H19F3N4O5/c1-2-6-28-9-12-11(25)7-13(29-12)24-8-10(14(21)23-16(24)27)4-3-5-22-15(26)17(18,19)20/h2,8,11-13,25H,1,5-7,9H2,(H,22,26)(H2,21,23,27)/t11-,12+,13+/m0/s1. The van der Waals surface area contributed by atoms with E-state index in [4.69, 9.17) is 15.2 Å². The molecular formula is C17H19F3N4O5. The SMILES string of the molecule is C=CCOC[C@H]1O[C@@H](n2cc(C#CCNC(=O)C(F)(F)F)c(N)nc2=O)C[C@@H]1O. The van der Waals surface area contributed by atoms with Crippen LogP contribution in [0.3, 0.4) is 0 Å². The van der Waals surface area contributed by atoms with E-state index in [1.54, 1.807) is 5.32 Å². The Morgan fingerprint density at radius 1 is 1.59 bits per heavy atom. The number of hydrogen-bond donors (Lipinski definition) is 3. The van der Waals surface area contributed by atoms with Gasteiger partial charge in [-0.25, -0.2) is 4.79 Å². The average Bonchev–Trinajstić information content (AvgIpc) is 3.00. The van der Waals surface area contributed by atoms with Crippen LogP contribution in [0, 0.1) is 11.8 Å². The van der Waals surface area contributed by atoms with Crippen molar-refractivity contribution in [3.8, 4) is 11.8 Å². The first-order valence-corrected chi connectivity index (χ1v) is 8.38. The molecule has 29 heavy (non-hydrogen) atoms. The van der Waals surface area contributed by atoms with Gasteiger partial charge in [0, 0.05) is 12.6 Å². The number of alkyl halides is 3. The van der Waals surface area contributed by atoms with Crippen LogP contribution >= 0.6 is 0 Å². The van der Waals surface area contributed by atoms with Crippen molar-refractivity contribution in [2.75, 3.05) is 25.5 Å². The highest BCUT2D eigenvalue weighted by Crippen LogP contribution is 2.28. The Balaban J connectivity index is 2.10. The highest BCUT2D eigenvalue weighted by atomic mass is 19.4. The predicted octanol–water partition coefficient (Wildman–Crippen LogP) is -0.293. The third-order valence-corrected chi connectivity index (χ3v) is 3.83. The number of carbonyl (C=O) groups excluding carboxylic acids is 1. The van der Waals surface area contributed by atoms with Crippen LogP contribution in [-0.4, -0.2) is 58.7 Å². The lowest BCUT2D eigenvalue weighted by Crippen LogP contribution is -2.36. The molecule has 3 atom stereocenters. The molecule has 0 unspecified atom stereocenters. The molecule has 1 saturated heterocycles. The lowest BCUT2D eigenvalue weighted by molar-refractivity contribution is -0.173. The molecule has 1 amide bonds. The highest BCUT2D eigenvalue weighted by molar-refractivity contribution is 5.81. The normalized spacial score (nSPS) is 21.3. The first kappa shape index (κ1) is 22.4. The summed E-state index contributed by atoms with van der Waals surface area (Å²) in [5, 5.41) is 11.7. The minimum atomic E-state index is -5.01. The second-order valence-electron chi connectivity index (χ2n) is 5.97. The first-order valence-electron chi connectivity index (χ1n) is 8.38. The van der Waals surface area contributed by atoms with Gasteiger partial charge in [0.1, 0.15) is 18.1 Å². The fraction of sp³-hybridized carbons (Fsp3) is 0.471. The number of carbonyl (C=O) groups is 1. The van der Waals surface area contributed by atoms with Crippen molar-refractivity contribution in [2.45, 2.75) is 31.0 Å². The van der Waals surface area contributed by atoms with Crippen molar-refractivity contribution in [1.82, 2.24) is 14.9 Å². The summed E-state index contributed by atoms with van der Waals surface area (Å²) in [5.74, 6) is 2.38. The molecule has 0 spiro atoms. The van der Waals surface area contributed by atoms with Gasteiger partial charge in [-0.1, -0.05) is 17.9 Å². The Morgan fingerprint density at radius 2 is 2.31 bits per heavy atom. The van der Waals surface area contributed by atoms with Gasteiger partial charge in [-0.05, 0) is 0 Å². The van der Waals surface area contributed by atoms with Gasteiger partial charge in [0.05, 0.1) is 31.4 Å². The number of aromatic nitrogens is 2. The van der Waals surface area contributed by atoms with Crippen LogP contribution in [0.25, 0.3) is 0 Å². The van der Waals surface area contributed by atoms with Gasteiger partial charge in [-0.2, -0.15) is 18.2 Å². The first-order chi connectivity index (χ1) is 13.6. The Bertz CT molecular complexity index is 875. The number of anilines is 1. The van der Waals surface area contributed by atoms with Crippen molar-refractivity contribution in [3.05, 3.63) is 34.9 Å². The van der Waals surface area contributed by atoms with Crippen molar-refractivity contribution >= 4 is 11.7 Å². The van der Waals surface area contributed by atoms with E-state index in [0.717, 1.165) is 4.57 Å². The second-order valence-corrected chi connectivity index (χ2v) is 5.97. The van der Waals surface area contributed by atoms with Gasteiger partial charge in [-0.15, -0.1) is 6.58 Å². The van der Waals surface area contributed by atoms with Crippen molar-refractivity contribution in [3.63, 3.8) is 0 Å². The summed E-state index contributed by atoms with van der Waals surface area (Å²) in [6, 6.07) is 0. The van der Waals surface area contributed by atoms with Gasteiger partial charge in [0.15, 0.2) is 0 Å². The number of nitrogens with one attached hydrogen (secondary N) is 1. The molecule has 9 nitrogen and oxygen atoms in total. The molecular weight excluding hydrogens is 397 g/mol. The zero-order valence-electron chi connectivity index (χ0n) is 15.1. The van der Waals surface area contributed by atoms with E-state index >= 15 is 0 Å². The smallest absolute Gasteiger partial charge is 0.390 e. The maximum atomic E-state index is 12.1. The molecule has 1 aliphatic rings. The number of halogens is 3. The predicted molar refractivity (Wildman–Crippen MR) is 94.4 cm³/mol. The van der Waals surface area contributed by atoms with E-state index in [0.29, 0.717) is 0 Å². The van der Waals surface area contributed by atoms with Gasteiger partial charge in [0.25, 0.3) is 0 Å². The molecule has 12 heteroatoms. The summed E-state index contributed by atoms with van der Waals surface area (Å²) in [5.41, 5.74) is 4.93. The largest absolute Gasteiger partial charge is 0.471 e. The quantitative estimate of drug-likeness (QED) is 0.330. The maximum Gasteiger partial charge on any atom is 0.471 e. The molecule has 0 bridgehead atoms. The van der Waals surface area contributed by atoms with E-state index < -0.39 is 42.8 Å². The number of ether oxygens (including phenoxy) is 2. The van der Waals surface area contributed by atoms with Crippen LogP contribution in [0.15, 0.2) is 23.6 Å². The maximum absolute atomic E-state index is 12.1. The lowest BCUT2D eigenvalue weighted by atomic mass is 10.2. The van der Waals surface area contributed by atoms with Crippen LogP contribution < -0.4 is 16.7 Å². The minimum absolute atomic E-state index is 0.0512. The van der Waals surface area contributed by atoms with Crippen molar-refractivity contribution in [2.24, 2.45) is 0 Å². The summed E-state index contributed by atoms with van der Waals surface area (Å²) >= 11 is 0.